The van der Waals surface area contributed by atoms with Crippen LogP contribution in [0.3, 0.4) is 0 Å². The van der Waals surface area contributed by atoms with E-state index in [0.717, 1.165) is 16.1 Å². The number of para-hydroxylation sites is 1. The maximum absolute atomic E-state index is 11.5. The van der Waals surface area contributed by atoms with Gasteiger partial charge in [0, 0.05) is 23.2 Å². The number of primary amides is 1. The summed E-state index contributed by atoms with van der Waals surface area (Å²) in [6, 6.07) is 16.8. The molecule has 1 aliphatic heterocycles. The third-order valence-corrected chi connectivity index (χ3v) is 3.04. The summed E-state index contributed by atoms with van der Waals surface area (Å²) >= 11 is 0. The topological polar surface area (TPSA) is 58.7 Å². The number of fused-ring (bicyclic) bond motifs is 1. The van der Waals surface area contributed by atoms with Crippen LogP contribution in [0.25, 0.3) is 11.9 Å². The molecular formula is C16H13N3O. The fourth-order valence-electron chi connectivity index (χ4n) is 2.05. The van der Waals surface area contributed by atoms with Gasteiger partial charge >= 0.3 is 6.03 Å². The predicted molar refractivity (Wildman–Crippen MR) is 77.5 cm³/mol. The van der Waals surface area contributed by atoms with Gasteiger partial charge in [-0.2, -0.15) is 0 Å². The van der Waals surface area contributed by atoms with Gasteiger partial charge in [-0.25, -0.2) is 9.79 Å². The zero-order valence-corrected chi connectivity index (χ0v) is 10.7. The molecule has 0 radical (unpaired) electrons. The first-order valence-corrected chi connectivity index (χ1v) is 6.25. The molecule has 2 aromatic carbocycles. The second-order valence-electron chi connectivity index (χ2n) is 4.43. The van der Waals surface area contributed by atoms with E-state index in [1.807, 2.05) is 54.6 Å². The first kappa shape index (κ1) is 12.2. The number of hydrogen-bond acceptors (Lipinski definition) is 2. The Hall–Kier alpha value is -2.88. The molecule has 2 amide bonds. The summed E-state index contributed by atoms with van der Waals surface area (Å²) < 4.78 is 0. The third-order valence-electron chi connectivity index (χ3n) is 3.04. The summed E-state index contributed by atoms with van der Waals surface area (Å²) in [6.45, 7) is 0. The van der Waals surface area contributed by atoms with Crippen LogP contribution in [0.15, 0.2) is 65.8 Å². The summed E-state index contributed by atoms with van der Waals surface area (Å²) in [6.07, 6.45) is 3.34. The van der Waals surface area contributed by atoms with Crippen molar-refractivity contribution in [2.75, 3.05) is 0 Å². The summed E-state index contributed by atoms with van der Waals surface area (Å²) in [4.78, 5) is 17.5. The Bertz CT molecular complexity index is 794. The largest absolute Gasteiger partial charge is 0.351 e. The lowest BCUT2D eigenvalue weighted by molar-refractivity contribution is 0.238. The zero-order chi connectivity index (χ0) is 13.9. The van der Waals surface area contributed by atoms with Crippen LogP contribution in [0.2, 0.25) is 0 Å². The molecule has 20 heavy (non-hydrogen) atoms. The molecule has 0 fully saturated rings. The van der Waals surface area contributed by atoms with E-state index < -0.39 is 6.03 Å². The van der Waals surface area contributed by atoms with Crippen molar-refractivity contribution in [2.45, 2.75) is 0 Å². The molecule has 3 rings (SSSR count). The van der Waals surface area contributed by atoms with Crippen molar-refractivity contribution in [3.05, 3.63) is 76.9 Å². The highest BCUT2D eigenvalue weighted by atomic mass is 16.2. The van der Waals surface area contributed by atoms with Gasteiger partial charge in [0.05, 0.1) is 11.1 Å². The van der Waals surface area contributed by atoms with E-state index in [1.54, 1.807) is 12.4 Å². The lowest BCUT2D eigenvalue weighted by Crippen LogP contribution is -2.31. The minimum Gasteiger partial charge on any atom is -0.351 e. The van der Waals surface area contributed by atoms with Gasteiger partial charge < -0.3 is 5.73 Å². The van der Waals surface area contributed by atoms with Crippen LogP contribution in [0.5, 0.6) is 0 Å². The second kappa shape index (κ2) is 5.01. The molecule has 98 valence electrons. The molecule has 0 unspecified atom stereocenters. The minimum absolute atomic E-state index is 0.537. The molecule has 0 spiro atoms. The molecular weight excluding hydrogens is 250 g/mol. The summed E-state index contributed by atoms with van der Waals surface area (Å²) in [5.41, 5.74) is 7.04. The average Bonchev–Trinajstić information content (AvgIpc) is 2.67. The molecule has 2 aromatic rings. The van der Waals surface area contributed by atoms with Crippen molar-refractivity contribution in [3.8, 4) is 0 Å². The maximum atomic E-state index is 11.5. The molecule has 4 nitrogen and oxygen atoms in total. The van der Waals surface area contributed by atoms with Crippen molar-refractivity contribution in [1.82, 2.24) is 4.90 Å². The van der Waals surface area contributed by atoms with E-state index in [4.69, 9.17) is 5.73 Å². The van der Waals surface area contributed by atoms with Crippen LogP contribution < -0.4 is 16.3 Å². The molecule has 0 aliphatic carbocycles. The number of rotatable bonds is 1. The van der Waals surface area contributed by atoms with E-state index in [1.165, 1.54) is 4.90 Å². The number of nitrogens with two attached hydrogens (primary N) is 1. The highest BCUT2D eigenvalue weighted by Crippen LogP contribution is 2.16. The van der Waals surface area contributed by atoms with E-state index >= 15 is 0 Å². The highest BCUT2D eigenvalue weighted by Gasteiger charge is 2.10. The van der Waals surface area contributed by atoms with Gasteiger partial charge in [0.1, 0.15) is 0 Å². The zero-order valence-electron chi connectivity index (χ0n) is 10.7. The lowest BCUT2D eigenvalue weighted by atomic mass is 10.2. The minimum atomic E-state index is -0.537. The highest BCUT2D eigenvalue weighted by molar-refractivity contribution is 5.80. The van der Waals surface area contributed by atoms with Crippen LogP contribution in [0.4, 0.5) is 4.79 Å². The normalized spacial score (nSPS) is 13.4. The van der Waals surface area contributed by atoms with Crippen LogP contribution in [-0.2, 0) is 0 Å². The van der Waals surface area contributed by atoms with E-state index in [9.17, 15) is 4.79 Å². The van der Waals surface area contributed by atoms with Gasteiger partial charge in [-0.15, -0.1) is 0 Å². The predicted octanol–water partition coefficient (Wildman–Crippen LogP) is 1.44. The van der Waals surface area contributed by atoms with E-state index in [0.29, 0.717) is 5.70 Å². The quantitative estimate of drug-likeness (QED) is 0.831. The average molecular weight is 263 g/mol. The number of carbonyl (C=O) groups is 1. The standard InChI is InChI=1S/C16H13N3O/c17-16(20)19-10-13-8-4-5-9-14(13)18-15(11-19)12-6-2-1-3-7-12/h1-11H,(H2,17,20). The lowest BCUT2D eigenvalue weighted by Gasteiger charge is -2.10. The third kappa shape index (κ3) is 2.31. The molecule has 2 N–H and O–H groups in total. The van der Waals surface area contributed by atoms with Crippen molar-refractivity contribution < 1.29 is 4.79 Å². The van der Waals surface area contributed by atoms with Gasteiger partial charge in [-0.05, 0) is 6.07 Å². The second-order valence-corrected chi connectivity index (χ2v) is 4.43. The number of carbonyl (C=O) groups excluding carboxylic acids is 1. The number of urea groups is 1. The molecule has 0 saturated carbocycles. The first-order valence-electron chi connectivity index (χ1n) is 6.25. The number of amides is 2. The van der Waals surface area contributed by atoms with Crippen LogP contribution in [0, 0.1) is 0 Å². The van der Waals surface area contributed by atoms with Crippen molar-refractivity contribution in [3.63, 3.8) is 0 Å². The van der Waals surface area contributed by atoms with Crippen molar-refractivity contribution in [2.24, 2.45) is 10.7 Å². The Labute approximate surface area is 116 Å². The first-order chi connectivity index (χ1) is 9.74. The van der Waals surface area contributed by atoms with Gasteiger partial charge in [0.2, 0.25) is 0 Å². The Morgan fingerprint density at radius 1 is 0.950 bits per heavy atom. The van der Waals surface area contributed by atoms with E-state index in [-0.39, 0.29) is 0 Å². The molecule has 1 heterocycles. The number of nitrogens with zero attached hydrogens (tertiary/aromatic N) is 2. The van der Waals surface area contributed by atoms with Gasteiger partial charge in [-0.1, -0.05) is 48.5 Å². The Balaban J connectivity index is 2.24. The van der Waals surface area contributed by atoms with Crippen LogP contribution in [0.1, 0.15) is 5.56 Å². The monoisotopic (exact) mass is 263 g/mol. The fourth-order valence-corrected chi connectivity index (χ4v) is 2.05. The SMILES string of the molecule is NC(=O)N1C=C(c2ccccc2)N=c2ccccc2=C1. The van der Waals surface area contributed by atoms with Gasteiger partial charge in [0.15, 0.2) is 0 Å². The molecule has 0 saturated heterocycles. The fraction of sp³-hybridized carbons (Fsp3) is 0. The van der Waals surface area contributed by atoms with E-state index in [2.05, 4.69) is 4.99 Å². The Morgan fingerprint density at radius 3 is 2.40 bits per heavy atom. The van der Waals surface area contributed by atoms with Gasteiger partial charge in [0.25, 0.3) is 0 Å². The van der Waals surface area contributed by atoms with Crippen LogP contribution >= 0.6 is 0 Å². The Kier molecular flexibility index (Phi) is 3.05. The van der Waals surface area contributed by atoms with Crippen molar-refractivity contribution >= 4 is 17.9 Å². The Morgan fingerprint density at radius 2 is 1.65 bits per heavy atom. The summed E-state index contributed by atoms with van der Waals surface area (Å²) in [5, 5.41) is 1.67. The maximum Gasteiger partial charge on any atom is 0.322 e. The van der Waals surface area contributed by atoms with Gasteiger partial charge in [-0.3, -0.25) is 4.90 Å². The number of benzene rings is 2. The summed E-state index contributed by atoms with van der Waals surface area (Å²) in [5.74, 6) is 0. The smallest absolute Gasteiger partial charge is 0.322 e. The van der Waals surface area contributed by atoms with Crippen LogP contribution in [-0.4, -0.2) is 10.9 Å². The summed E-state index contributed by atoms with van der Waals surface area (Å²) in [7, 11) is 0. The molecule has 1 aliphatic rings. The molecule has 0 atom stereocenters. The van der Waals surface area contributed by atoms with Crippen molar-refractivity contribution in [1.29, 1.82) is 0 Å². The molecule has 0 bridgehead atoms. The molecule has 4 heteroatoms. The number of hydrogen-bond donors (Lipinski definition) is 1. The molecule has 0 aromatic heterocycles.